The number of H-pyrrole nitrogens is 1. The van der Waals surface area contributed by atoms with E-state index in [9.17, 15) is 8.42 Å². The summed E-state index contributed by atoms with van der Waals surface area (Å²) < 4.78 is 33.9. The highest BCUT2D eigenvalue weighted by molar-refractivity contribution is 7.89. The van der Waals surface area contributed by atoms with E-state index in [0.29, 0.717) is 54.3 Å². The Hall–Kier alpha value is -2.99. The number of halogens is 1. The van der Waals surface area contributed by atoms with Crippen LogP contribution in [0.15, 0.2) is 47.5 Å². The van der Waals surface area contributed by atoms with Crippen LogP contribution in [0.25, 0.3) is 22.3 Å². The molecule has 1 aliphatic heterocycles. The maximum Gasteiger partial charge on any atom is 0.243 e. The summed E-state index contributed by atoms with van der Waals surface area (Å²) in [5, 5.41) is 15.8. The van der Waals surface area contributed by atoms with Crippen molar-refractivity contribution in [3.8, 4) is 11.4 Å². The maximum absolute atomic E-state index is 12.8. The van der Waals surface area contributed by atoms with Gasteiger partial charge in [0.2, 0.25) is 16.0 Å². The molecule has 1 fully saturated rings. The first-order chi connectivity index (χ1) is 15.4. The van der Waals surface area contributed by atoms with E-state index >= 15 is 0 Å². The first-order valence-electron chi connectivity index (χ1n) is 9.91. The number of rotatable bonds is 5. The number of aromatic amines is 1. The van der Waals surface area contributed by atoms with Gasteiger partial charge in [0, 0.05) is 31.1 Å². The number of nitrogens with one attached hydrogen (secondary N) is 2. The molecule has 10 nitrogen and oxygen atoms in total. The molecule has 0 bridgehead atoms. The minimum Gasteiger partial charge on any atom is -0.379 e. The third-order valence-corrected chi connectivity index (χ3v) is 7.61. The Kier molecular flexibility index (Phi) is 5.33. The van der Waals surface area contributed by atoms with Crippen LogP contribution >= 0.6 is 11.6 Å². The first-order valence-corrected chi connectivity index (χ1v) is 11.7. The highest BCUT2D eigenvalue weighted by Crippen LogP contribution is 2.32. The normalized spacial score (nSPS) is 15.3. The van der Waals surface area contributed by atoms with Crippen molar-refractivity contribution >= 4 is 44.2 Å². The van der Waals surface area contributed by atoms with Gasteiger partial charge in [0.05, 0.1) is 40.5 Å². The third kappa shape index (κ3) is 3.73. The molecule has 4 aromatic rings. The van der Waals surface area contributed by atoms with Gasteiger partial charge in [0.15, 0.2) is 5.82 Å². The molecule has 0 spiro atoms. The zero-order valence-corrected chi connectivity index (χ0v) is 18.7. The van der Waals surface area contributed by atoms with E-state index in [1.165, 1.54) is 4.31 Å². The number of ether oxygens (including phenoxy) is 1. The molecule has 2 N–H and O–H groups in total. The van der Waals surface area contributed by atoms with E-state index in [2.05, 4.69) is 25.6 Å². The van der Waals surface area contributed by atoms with Gasteiger partial charge >= 0.3 is 0 Å². The van der Waals surface area contributed by atoms with E-state index in [4.69, 9.17) is 16.3 Å². The number of morpholine rings is 1. The molecule has 0 unspecified atom stereocenters. The Balaban J connectivity index is 1.39. The standard InChI is InChI=1S/C20H20ClN7O3S/c1-27-20(23-17-7-6-16-15(18(17)21)12-22-25-16)24-19(26-27)13-2-4-14(5-3-13)32(29,30)28-8-10-31-11-9-28/h2-7,12H,8-11H2,1H3,(H,22,25)(H,23,24,26). The number of sulfonamides is 1. The molecule has 0 amide bonds. The smallest absolute Gasteiger partial charge is 0.243 e. The van der Waals surface area contributed by atoms with Crippen LogP contribution in [0, 0.1) is 0 Å². The van der Waals surface area contributed by atoms with Crippen LogP contribution in [0.2, 0.25) is 5.02 Å². The van der Waals surface area contributed by atoms with E-state index in [1.807, 2.05) is 12.1 Å². The lowest BCUT2D eigenvalue weighted by atomic mass is 10.2. The van der Waals surface area contributed by atoms with Crippen LogP contribution in [-0.4, -0.2) is 64.0 Å². The van der Waals surface area contributed by atoms with Gasteiger partial charge in [-0.1, -0.05) is 11.6 Å². The Morgan fingerprint density at radius 3 is 2.62 bits per heavy atom. The van der Waals surface area contributed by atoms with Gasteiger partial charge in [-0.25, -0.2) is 13.1 Å². The topological polar surface area (TPSA) is 118 Å². The fourth-order valence-corrected chi connectivity index (χ4v) is 5.20. The fourth-order valence-electron chi connectivity index (χ4n) is 3.53. The van der Waals surface area contributed by atoms with Crippen molar-refractivity contribution in [1.82, 2.24) is 29.3 Å². The van der Waals surface area contributed by atoms with E-state index < -0.39 is 10.0 Å². The number of benzene rings is 2. The molecule has 2 aromatic heterocycles. The van der Waals surface area contributed by atoms with E-state index in [-0.39, 0.29) is 4.90 Å². The number of aromatic nitrogens is 5. The number of hydrogen-bond donors (Lipinski definition) is 2. The van der Waals surface area contributed by atoms with E-state index in [0.717, 1.165) is 10.9 Å². The Morgan fingerprint density at radius 2 is 1.88 bits per heavy atom. The Labute approximate surface area is 189 Å². The number of nitrogens with zero attached hydrogens (tertiary/aromatic N) is 5. The van der Waals surface area contributed by atoms with Crippen molar-refractivity contribution in [1.29, 1.82) is 0 Å². The second-order valence-electron chi connectivity index (χ2n) is 7.31. The molecule has 5 rings (SSSR count). The fraction of sp³-hybridized carbons (Fsp3) is 0.250. The molecule has 12 heteroatoms. The van der Waals surface area contributed by atoms with Crippen molar-refractivity contribution in [3.63, 3.8) is 0 Å². The molecule has 0 atom stereocenters. The number of anilines is 2. The number of hydrogen-bond acceptors (Lipinski definition) is 7. The van der Waals surface area contributed by atoms with Gasteiger partial charge in [-0.05, 0) is 36.4 Å². The van der Waals surface area contributed by atoms with E-state index in [1.54, 1.807) is 42.2 Å². The minimum atomic E-state index is -3.55. The average Bonchev–Trinajstić information content (AvgIpc) is 3.44. The SMILES string of the molecule is Cn1nc(-c2ccc(S(=O)(=O)N3CCOCC3)cc2)nc1Nc1ccc2[nH]ncc2c1Cl. The molecular weight excluding hydrogens is 454 g/mol. The monoisotopic (exact) mass is 473 g/mol. The lowest BCUT2D eigenvalue weighted by Gasteiger charge is -2.26. The van der Waals surface area contributed by atoms with Crippen molar-refractivity contribution in [2.75, 3.05) is 31.6 Å². The molecular formula is C20H20ClN7O3S. The average molecular weight is 474 g/mol. The van der Waals surface area contributed by atoms with Crippen LogP contribution in [0.1, 0.15) is 0 Å². The summed E-state index contributed by atoms with van der Waals surface area (Å²) in [6, 6.07) is 10.3. The predicted octanol–water partition coefficient (Wildman–Crippen LogP) is 2.78. The Bertz CT molecular complexity index is 1380. The van der Waals surface area contributed by atoms with Crippen LogP contribution in [0.4, 0.5) is 11.6 Å². The molecule has 3 heterocycles. The maximum atomic E-state index is 12.8. The quantitative estimate of drug-likeness (QED) is 0.457. The predicted molar refractivity (Wildman–Crippen MR) is 120 cm³/mol. The minimum absolute atomic E-state index is 0.234. The molecule has 0 saturated carbocycles. The van der Waals surface area contributed by atoms with Crippen molar-refractivity contribution in [3.05, 3.63) is 47.6 Å². The van der Waals surface area contributed by atoms with Gasteiger partial charge < -0.3 is 10.1 Å². The summed E-state index contributed by atoms with van der Waals surface area (Å²) in [4.78, 5) is 4.78. The molecule has 2 aromatic carbocycles. The first kappa shape index (κ1) is 20.9. The van der Waals surface area contributed by atoms with Crippen LogP contribution in [-0.2, 0) is 21.8 Å². The van der Waals surface area contributed by atoms with Gasteiger partial charge in [-0.2, -0.15) is 14.4 Å². The summed E-state index contributed by atoms with van der Waals surface area (Å²) in [5.41, 5.74) is 2.21. The summed E-state index contributed by atoms with van der Waals surface area (Å²) in [7, 11) is -1.79. The lowest BCUT2D eigenvalue weighted by molar-refractivity contribution is 0.0730. The summed E-state index contributed by atoms with van der Waals surface area (Å²) in [5.74, 6) is 0.959. The Morgan fingerprint density at radius 1 is 1.12 bits per heavy atom. The third-order valence-electron chi connectivity index (χ3n) is 5.29. The molecule has 1 aliphatic rings. The van der Waals surface area contributed by atoms with Crippen molar-refractivity contribution in [2.24, 2.45) is 7.05 Å². The number of fused-ring (bicyclic) bond motifs is 1. The molecule has 166 valence electrons. The zero-order valence-electron chi connectivity index (χ0n) is 17.1. The molecule has 1 saturated heterocycles. The van der Waals surface area contributed by atoms with Crippen molar-refractivity contribution < 1.29 is 13.2 Å². The summed E-state index contributed by atoms with van der Waals surface area (Å²) in [6.45, 7) is 1.52. The van der Waals surface area contributed by atoms with Gasteiger partial charge in [0.1, 0.15) is 0 Å². The number of aryl methyl sites for hydroxylation is 1. The van der Waals surface area contributed by atoms with Gasteiger partial charge in [-0.15, -0.1) is 5.10 Å². The van der Waals surface area contributed by atoms with Crippen molar-refractivity contribution in [2.45, 2.75) is 4.90 Å². The van der Waals surface area contributed by atoms with Gasteiger partial charge in [-0.3, -0.25) is 5.10 Å². The highest BCUT2D eigenvalue weighted by atomic mass is 35.5. The summed E-state index contributed by atoms with van der Waals surface area (Å²) in [6.07, 6.45) is 1.66. The highest BCUT2D eigenvalue weighted by Gasteiger charge is 2.26. The second-order valence-corrected chi connectivity index (χ2v) is 9.62. The zero-order chi connectivity index (χ0) is 22.3. The van der Waals surface area contributed by atoms with Crippen LogP contribution in [0.5, 0.6) is 0 Å². The summed E-state index contributed by atoms with van der Waals surface area (Å²) >= 11 is 6.48. The largest absolute Gasteiger partial charge is 0.379 e. The van der Waals surface area contributed by atoms with Crippen LogP contribution in [0.3, 0.4) is 0 Å². The van der Waals surface area contributed by atoms with Gasteiger partial charge in [0.25, 0.3) is 0 Å². The second kappa shape index (κ2) is 8.17. The lowest BCUT2D eigenvalue weighted by Crippen LogP contribution is -2.40. The molecule has 0 aliphatic carbocycles. The van der Waals surface area contributed by atoms with Crippen LogP contribution < -0.4 is 5.32 Å². The molecule has 32 heavy (non-hydrogen) atoms. The molecule has 0 radical (unpaired) electrons.